The summed E-state index contributed by atoms with van der Waals surface area (Å²) in [5.41, 5.74) is 0.0797. The van der Waals surface area contributed by atoms with E-state index >= 15 is 0 Å². The number of hydrogen-bond acceptors (Lipinski definition) is 3. The van der Waals surface area contributed by atoms with Crippen LogP contribution < -0.4 is 4.74 Å². The molecular weight excluding hydrogens is 372 g/mol. The van der Waals surface area contributed by atoms with E-state index in [1.165, 1.54) is 16.8 Å². The molecule has 2 aromatic rings. The summed E-state index contributed by atoms with van der Waals surface area (Å²) in [4.78, 5) is 12.3. The van der Waals surface area contributed by atoms with E-state index in [0.29, 0.717) is 15.7 Å². The van der Waals surface area contributed by atoms with Crippen LogP contribution in [0.5, 0.6) is 5.75 Å². The van der Waals surface area contributed by atoms with Gasteiger partial charge in [-0.3, -0.25) is 4.57 Å². The highest BCUT2D eigenvalue weighted by Crippen LogP contribution is 2.34. The number of benzene rings is 1. The molecule has 1 heterocycles. The highest BCUT2D eigenvalue weighted by molar-refractivity contribution is 9.10. The highest BCUT2D eigenvalue weighted by atomic mass is 79.9. The number of para-hydroxylation sites is 1. The molecule has 4 nitrogen and oxygen atoms in total. The van der Waals surface area contributed by atoms with Crippen molar-refractivity contribution in [3.63, 3.8) is 0 Å². The number of alkyl halides is 2. The first kappa shape index (κ1) is 17.5. The standard InChI is InChI=1S/C16H16BrF2NO3/c1-16(2,3)23-15(21)20-9-10(17)8-12(20)11-6-4-5-7-13(11)22-14(18)19/h4-9,14H,1-3H3. The van der Waals surface area contributed by atoms with Gasteiger partial charge in [-0.1, -0.05) is 12.1 Å². The molecule has 7 heteroatoms. The zero-order chi connectivity index (χ0) is 17.2. The average molecular weight is 388 g/mol. The van der Waals surface area contributed by atoms with Gasteiger partial charge in [-0.25, -0.2) is 4.79 Å². The van der Waals surface area contributed by atoms with Crippen molar-refractivity contribution >= 4 is 22.0 Å². The lowest BCUT2D eigenvalue weighted by atomic mass is 10.1. The average Bonchev–Trinajstić information content (AvgIpc) is 2.79. The number of carbonyl (C=O) groups is 1. The van der Waals surface area contributed by atoms with Gasteiger partial charge < -0.3 is 9.47 Å². The van der Waals surface area contributed by atoms with Crippen molar-refractivity contribution in [2.75, 3.05) is 0 Å². The van der Waals surface area contributed by atoms with Crippen LogP contribution in [-0.4, -0.2) is 22.9 Å². The molecule has 0 atom stereocenters. The van der Waals surface area contributed by atoms with E-state index in [-0.39, 0.29) is 5.75 Å². The molecule has 0 saturated heterocycles. The Hall–Kier alpha value is -1.89. The van der Waals surface area contributed by atoms with Crippen LogP contribution in [0.15, 0.2) is 41.0 Å². The summed E-state index contributed by atoms with van der Waals surface area (Å²) in [5.74, 6) is -0.0158. The first-order valence-corrected chi connectivity index (χ1v) is 7.62. The number of ether oxygens (including phenoxy) is 2. The summed E-state index contributed by atoms with van der Waals surface area (Å²) >= 11 is 3.29. The number of aromatic nitrogens is 1. The number of hydrogen-bond donors (Lipinski definition) is 0. The monoisotopic (exact) mass is 387 g/mol. The Bertz CT molecular complexity index is 708. The maximum absolute atomic E-state index is 12.6. The molecule has 1 aromatic heterocycles. The minimum absolute atomic E-state index is 0.0158. The Morgan fingerprint density at radius 1 is 1.26 bits per heavy atom. The summed E-state index contributed by atoms with van der Waals surface area (Å²) in [6.45, 7) is 2.29. The van der Waals surface area contributed by atoms with Crippen LogP contribution >= 0.6 is 15.9 Å². The lowest BCUT2D eigenvalue weighted by molar-refractivity contribution is -0.0494. The second-order valence-corrected chi connectivity index (χ2v) is 6.68. The molecule has 0 amide bonds. The van der Waals surface area contributed by atoms with Gasteiger partial charge in [0, 0.05) is 16.2 Å². The number of rotatable bonds is 3. The van der Waals surface area contributed by atoms with Crippen LogP contribution in [0.25, 0.3) is 11.3 Å². The van der Waals surface area contributed by atoms with Crippen LogP contribution in [0.2, 0.25) is 0 Å². The van der Waals surface area contributed by atoms with Gasteiger partial charge in [0.1, 0.15) is 11.4 Å². The molecule has 0 saturated carbocycles. The second kappa shape index (κ2) is 6.70. The molecule has 0 bridgehead atoms. The quantitative estimate of drug-likeness (QED) is 0.716. The molecule has 23 heavy (non-hydrogen) atoms. The van der Waals surface area contributed by atoms with Crippen LogP contribution in [-0.2, 0) is 4.74 Å². The minimum Gasteiger partial charge on any atom is -0.443 e. The topological polar surface area (TPSA) is 40.5 Å². The van der Waals surface area contributed by atoms with E-state index in [2.05, 4.69) is 20.7 Å². The predicted molar refractivity (Wildman–Crippen MR) is 85.8 cm³/mol. The maximum atomic E-state index is 12.6. The lowest BCUT2D eigenvalue weighted by Gasteiger charge is -2.20. The molecule has 2 rings (SSSR count). The molecule has 0 aliphatic rings. The zero-order valence-corrected chi connectivity index (χ0v) is 14.4. The van der Waals surface area contributed by atoms with E-state index in [4.69, 9.17) is 4.74 Å². The lowest BCUT2D eigenvalue weighted by Crippen LogP contribution is -2.27. The normalized spacial score (nSPS) is 11.6. The summed E-state index contributed by atoms with van der Waals surface area (Å²) in [6, 6.07) is 7.91. The molecule has 0 unspecified atom stereocenters. The van der Waals surface area contributed by atoms with Gasteiger partial charge in [-0.05, 0) is 54.9 Å². The fraction of sp³-hybridized carbons (Fsp3) is 0.312. The molecule has 0 aliphatic carbocycles. The van der Waals surface area contributed by atoms with Crippen molar-refractivity contribution in [1.82, 2.24) is 4.57 Å². The largest absolute Gasteiger partial charge is 0.443 e. The van der Waals surface area contributed by atoms with Crippen LogP contribution in [0, 0.1) is 0 Å². The predicted octanol–water partition coefficient (Wildman–Crippen LogP) is 5.30. The number of nitrogens with zero attached hydrogens (tertiary/aromatic N) is 1. The van der Waals surface area contributed by atoms with Crippen molar-refractivity contribution in [2.45, 2.75) is 33.0 Å². The van der Waals surface area contributed by atoms with Crippen molar-refractivity contribution < 1.29 is 23.0 Å². The Kier molecular flexibility index (Phi) is 5.09. The third kappa shape index (κ3) is 4.54. The van der Waals surface area contributed by atoms with E-state index in [1.807, 2.05) is 0 Å². The van der Waals surface area contributed by atoms with Gasteiger partial charge in [-0.2, -0.15) is 8.78 Å². The fourth-order valence-electron chi connectivity index (χ4n) is 1.98. The maximum Gasteiger partial charge on any atom is 0.419 e. The van der Waals surface area contributed by atoms with Gasteiger partial charge in [0.25, 0.3) is 0 Å². The third-order valence-electron chi connectivity index (χ3n) is 2.76. The van der Waals surface area contributed by atoms with E-state index < -0.39 is 18.3 Å². The van der Waals surface area contributed by atoms with Gasteiger partial charge in [0.15, 0.2) is 0 Å². The molecule has 0 spiro atoms. The van der Waals surface area contributed by atoms with E-state index in [1.54, 1.807) is 45.0 Å². The van der Waals surface area contributed by atoms with E-state index in [0.717, 1.165) is 0 Å². The van der Waals surface area contributed by atoms with Gasteiger partial charge in [-0.15, -0.1) is 0 Å². The Balaban J connectivity index is 2.47. The smallest absolute Gasteiger partial charge is 0.419 e. The molecule has 1 aromatic carbocycles. The molecule has 0 radical (unpaired) electrons. The fourth-order valence-corrected chi connectivity index (χ4v) is 2.40. The third-order valence-corrected chi connectivity index (χ3v) is 3.19. The highest BCUT2D eigenvalue weighted by Gasteiger charge is 2.22. The zero-order valence-electron chi connectivity index (χ0n) is 12.8. The van der Waals surface area contributed by atoms with Crippen molar-refractivity contribution in [2.24, 2.45) is 0 Å². The van der Waals surface area contributed by atoms with Gasteiger partial charge >= 0.3 is 12.7 Å². The molecule has 0 N–H and O–H groups in total. The van der Waals surface area contributed by atoms with Crippen LogP contribution in [0.1, 0.15) is 20.8 Å². The van der Waals surface area contributed by atoms with Crippen LogP contribution in [0.4, 0.5) is 13.6 Å². The van der Waals surface area contributed by atoms with Crippen molar-refractivity contribution in [3.05, 3.63) is 41.0 Å². The second-order valence-electron chi connectivity index (χ2n) is 5.77. The number of carbonyl (C=O) groups excluding carboxylic acids is 1. The van der Waals surface area contributed by atoms with Crippen LogP contribution in [0.3, 0.4) is 0 Å². The van der Waals surface area contributed by atoms with Crippen molar-refractivity contribution in [3.8, 4) is 17.0 Å². The van der Waals surface area contributed by atoms with Crippen molar-refractivity contribution in [1.29, 1.82) is 0 Å². The minimum atomic E-state index is -2.95. The SMILES string of the molecule is CC(C)(C)OC(=O)n1cc(Br)cc1-c1ccccc1OC(F)F. The summed E-state index contributed by atoms with van der Waals surface area (Å²) in [5, 5.41) is 0. The van der Waals surface area contributed by atoms with Gasteiger partial charge in [0.2, 0.25) is 0 Å². The molecular formula is C16H16BrF2NO3. The van der Waals surface area contributed by atoms with Gasteiger partial charge in [0.05, 0.1) is 5.69 Å². The molecule has 124 valence electrons. The van der Waals surface area contributed by atoms with E-state index in [9.17, 15) is 13.6 Å². The first-order chi connectivity index (χ1) is 10.7. The Morgan fingerprint density at radius 3 is 2.52 bits per heavy atom. The molecule has 0 aliphatic heterocycles. The summed E-state index contributed by atoms with van der Waals surface area (Å²) < 4.78 is 36.9. The summed E-state index contributed by atoms with van der Waals surface area (Å²) in [6.07, 6.45) is 0.910. The number of halogens is 3. The Labute approximate surface area is 141 Å². The first-order valence-electron chi connectivity index (χ1n) is 6.83. The summed E-state index contributed by atoms with van der Waals surface area (Å²) in [7, 11) is 0. The molecule has 0 fully saturated rings. The Morgan fingerprint density at radius 2 is 1.91 bits per heavy atom.